The van der Waals surface area contributed by atoms with Crippen molar-refractivity contribution in [1.82, 2.24) is 35.5 Å². The van der Waals surface area contributed by atoms with Gasteiger partial charge in [0.2, 0.25) is 11.8 Å². The number of aromatic nitrogens is 2. The normalized spacial score (nSPS) is 19.6. The lowest BCUT2D eigenvalue weighted by molar-refractivity contribution is -0.135. The predicted octanol–water partition coefficient (Wildman–Crippen LogP) is 4.02. The minimum absolute atomic E-state index is 0.0163. The maximum absolute atomic E-state index is 15.8. The number of carbonyl (C=O) groups is 4. The molecule has 2 aromatic rings. The van der Waals surface area contributed by atoms with Crippen LogP contribution < -0.4 is 21.3 Å². The van der Waals surface area contributed by atoms with Gasteiger partial charge in [-0.15, -0.1) is 0 Å². The number of amides is 5. The van der Waals surface area contributed by atoms with Crippen molar-refractivity contribution in [1.29, 1.82) is 0 Å². The molecule has 3 atom stereocenters. The lowest BCUT2D eigenvalue weighted by Crippen LogP contribution is -2.57. The van der Waals surface area contributed by atoms with Gasteiger partial charge in [0.15, 0.2) is 0 Å². The van der Waals surface area contributed by atoms with Gasteiger partial charge >= 0.3 is 6.03 Å². The Kier molecular flexibility index (Phi) is 11.7. The van der Waals surface area contributed by atoms with Gasteiger partial charge in [-0.3, -0.25) is 19.1 Å². The Morgan fingerprint density at radius 1 is 0.896 bits per heavy atom. The second-order valence-corrected chi connectivity index (χ2v) is 14.0. The Hall–Kier alpha value is -4.00. The van der Waals surface area contributed by atoms with Crippen LogP contribution in [0.15, 0.2) is 30.5 Å². The SMILES string of the molecule is CC(C)n1nccc1C(=O)NC(C(=O)Nc1ccc([C@H](C)[C@@H](NC(=O)NC2CC2)C(=O)N2CCN(C)CC2)cc1F)C1CCCCCC1. The molecule has 3 fully saturated rings. The number of hydrogen-bond acceptors (Lipinski definition) is 6. The highest BCUT2D eigenvalue weighted by Crippen LogP contribution is 2.29. The van der Waals surface area contributed by atoms with E-state index in [4.69, 9.17) is 0 Å². The van der Waals surface area contributed by atoms with Gasteiger partial charge in [0.25, 0.3) is 5.91 Å². The number of hydrogen-bond donors (Lipinski definition) is 4. The number of urea groups is 1. The third-order valence-electron chi connectivity index (χ3n) is 9.89. The molecule has 262 valence electrons. The summed E-state index contributed by atoms with van der Waals surface area (Å²) in [6.45, 7) is 8.20. The van der Waals surface area contributed by atoms with Crippen molar-refractivity contribution in [2.24, 2.45) is 5.92 Å². The smallest absolute Gasteiger partial charge is 0.315 e. The molecular weight excluding hydrogens is 615 g/mol. The first kappa shape index (κ1) is 35.3. The van der Waals surface area contributed by atoms with Crippen molar-refractivity contribution in [3.63, 3.8) is 0 Å². The molecule has 1 aliphatic heterocycles. The molecule has 2 aliphatic carbocycles. The molecule has 1 aromatic carbocycles. The molecule has 2 heterocycles. The molecule has 5 amide bonds. The van der Waals surface area contributed by atoms with Crippen molar-refractivity contribution in [3.8, 4) is 0 Å². The zero-order chi connectivity index (χ0) is 34.4. The summed E-state index contributed by atoms with van der Waals surface area (Å²) in [7, 11) is 2.00. The van der Waals surface area contributed by atoms with E-state index in [0.717, 1.165) is 64.5 Å². The second kappa shape index (κ2) is 15.9. The van der Waals surface area contributed by atoms with Crippen LogP contribution in [-0.4, -0.2) is 94.7 Å². The molecule has 0 bridgehead atoms. The van der Waals surface area contributed by atoms with Crippen molar-refractivity contribution in [2.45, 2.75) is 102 Å². The van der Waals surface area contributed by atoms with Crippen LogP contribution in [0, 0.1) is 11.7 Å². The fraction of sp³-hybridized carbons (Fsp3) is 0.629. The number of likely N-dealkylation sites (N-methyl/N-ethyl adjacent to an activating group) is 1. The second-order valence-electron chi connectivity index (χ2n) is 14.0. The minimum Gasteiger partial charge on any atom is -0.339 e. The molecule has 5 rings (SSSR count). The van der Waals surface area contributed by atoms with E-state index < -0.39 is 41.7 Å². The van der Waals surface area contributed by atoms with Crippen molar-refractivity contribution >= 4 is 29.4 Å². The molecular formula is C35H51FN8O4. The fourth-order valence-electron chi connectivity index (χ4n) is 6.70. The highest BCUT2D eigenvalue weighted by Gasteiger charge is 2.35. The molecule has 48 heavy (non-hydrogen) atoms. The monoisotopic (exact) mass is 666 g/mol. The minimum atomic E-state index is -0.902. The Labute approximate surface area is 282 Å². The van der Waals surface area contributed by atoms with Gasteiger partial charge < -0.3 is 31.1 Å². The van der Waals surface area contributed by atoms with Crippen LogP contribution in [0.25, 0.3) is 0 Å². The molecule has 4 N–H and O–H groups in total. The van der Waals surface area contributed by atoms with Gasteiger partial charge in [0, 0.05) is 50.4 Å². The van der Waals surface area contributed by atoms with E-state index >= 15 is 4.39 Å². The zero-order valence-electron chi connectivity index (χ0n) is 28.6. The van der Waals surface area contributed by atoms with Crippen LogP contribution in [0.4, 0.5) is 14.9 Å². The largest absolute Gasteiger partial charge is 0.339 e. The quantitative estimate of drug-likeness (QED) is 0.267. The van der Waals surface area contributed by atoms with E-state index in [2.05, 4.69) is 31.3 Å². The van der Waals surface area contributed by atoms with E-state index in [1.165, 1.54) is 12.1 Å². The Morgan fingerprint density at radius 3 is 2.21 bits per heavy atom. The van der Waals surface area contributed by atoms with Gasteiger partial charge in [-0.25, -0.2) is 9.18 Å². The van der Waals surface area contributed by atoms with Gasteiger partial charge in [-0.05, 0) is 76.3 Å². The van der Waals surface area contributed by atoms with Gasteiger partial charge in [-0.2, -0.15) is 5.10 Å². The number of piperazine rings is 1. The van der Waals surface area contributed by atoms with Crippen molar-refractivity contribution in [2.75, 3.05) is 38.5 Å². The molecule has 12 nitrogen and oxygen atoms in total. The van der Waals surface area contributed by atoms with E-state index in [0.29, 0.717) is 24.3 Å². The summed E-state index contributed by atoms with van der Waals surface area (Å²) in [5.41, 5.74) is 0.860. The number of benzene rings is 1. The fourth-order valence-corrected chi connectivity index (χ4v) is 6.70. The highest BCUT2D eigenvalue weighted by molar-refractivity contribution is 6.00. The van der Waals surface area contributed by atoms with E-state index in [1.807, 2.05) is 20.9 Å². The Morgan fingerprint density at radius 2 is 1.58 bits per heavy atom. The lowest BCUT2D eigenvalue weighted by Gasteiger charge is -2.36. The summed E-state index contributed by atoms with van der Waals surface area (Å²) in [6, 6.07) is 4.00. The van der Waals surface area contributed by atoms with Crippen LogP contribution in [0.5, 0.6) is 0 Å². The highest BCUT2D eigenvalue weighted by atomic mass is 19.1. The zero-order valence-corrected chi connectivity index (χ0v) is 28.6. The third kappa shape index (κ3) is 8.91. The number of nitrogens with one attached hydrogen (secondary N) is 4. The van der Waals surface area contributed by atoms with Crippen LogP contribution >= 0.6 is 0 Å². The van der Waals surface area contributed by atoms with E-state index in [1.54, 1.807) is 34.8 Å². The van der Waals surface area contributed by atoms with Crippen LogP contribution in [-0.2, 0) is 9.59 Å². The van der Waals surface area contributed by atoms with E-state index in [-0.39, 0.29) is 29.6 Å². The molecule has 1 aromatic heterocycles. The summed E-state index contributed by atoms with van der Waals surface area (Å²) in [5, 5.41) is 15.7. The molecule has 0 spiro atoms. The molecule has 1 unspecified atom stereocenters. The average molecular weight is 667 g/mol. The summed E-state index contributed by atoms with van der Waals surface area (Å²) in [4.78, 5) is 57.6. The first-order chi connectivity index (χ1) is 23.0. The molecule has 0 radical (unpaired) electrons. The number of nitrogens with zero attached hydrogens (tertiary/aromatic N) is 4. The maximum Gasteiger partial charge on any atom is 0.315 e. The molecule has 3 aliphatic rings. The van der Waals surface area contributed by atoms with Gasteiger partial charge in [0.1, 0.15) is 23.6 Å². The topological polar surface area (TPSA) is 141 Å². The Bertz CT molecular complexity index is 1440. The molecule has 13 heteroatoms. The lowest BCUT2D eigenvalue weighted by atomic mass is 9.90. The molecule has 2 saturated carbocycles. The summed E-state index contributed by atoms with van der Waals surface area (Å²) in [5.74, 6) is -2.39. The van der Waals surface area contributed by atoms with Crippen LogP contribution in [0.3, 0.4) is 0 Å². The molecule has 1 saturated heterocycles. The number of carbonyl (C=O) groups excluding carboxylic acids is 4. The van der Waals surface area contributed by atoms with Gasteiger partial charge in [-0.1, -0.05) is 38.7 Å². The predicted molar refractivity (Wildman–Crippen MR) is 181 cm³/mol. The number of halogens is 1. The standard InChI is InChI=1S/C35H51FN8O4/c1-22(2)44-29(15-16-37-44)32(45)40-31(24-9-7-5-6-8-10-24)33(46)39-28-14-11-25(21-27(28)36)23(3)30(41-35(48)38-26-12-13-26)34(47)43-19-17-42(4)18-20-43/h11,14-16,21-24,26,30-31H,5-10,12-13,17-20H2,1-4H3,(H,39,46)(H,40,45)(H2,38,41,48)/t23-,30+,31?/m0/s1. The van der Waals surface area contributed by atoms with Crippen molar-refractivity contribution in [3.05, 3.63) is 47.5 Å². The summed E-state index contributed by atoms with van der Waals surface area (Å²) >= 11 is 0. The number of rotatable bonds is 11. The van der Waals surface area contributed by atoms with Gasteiger partial charge in [0.05, 0.1) is 5.69 Å². The average Bonchev–Trinajstić information content (AvgIpc) is 3.80. The van der Waals surface area contributed by atoms with E-state index in [9.17, 15) is 19.2 Å². The number of anilines is 1. The summed E-state index contributed by atoms with van der Waals surface area (Å²) < 4.78 is 17.4. The third-order valence-corrected chi connectivity index (χ3v) is 9.89. The maximum atomic E-state index is 15.8. The van der Waals surface area contributed by atoms with Crippen LogP contribution in [0.2, 0.25) is 0 Å². The first-order valence-electron chi connectivity index (χ1n) is 17.5. The summed E-state index contributed by atoms with van der Waals surface area (Å²) in [6.07, 6.45) is 9.00. The van der Waals surface area contributed by atoms with Crippen LogP contribution in [0.1, 0.15) is 100 Å². The Balaban J connectivity index is 1.32. The first-order valence-corrected chi connectivity index (χ1v) is 17.5. The van der Waals surface area contributed by atoms with Crippen molar-refractivity contribution < 1.29 is 23.6 Å².